The molecule has 6 rings (SSSR count). The van der Waals surface area contributed by atoms with E-state index >= 15 is 0 Å². The Morgan fingerprint density at radius 1 is 0.765 bits per heavy atom. The number of rotatable bonds is 14. The molecule has 2 heterocycles. The number of benzene rings is 4. The number of carbonyl (C=O) groups excluding carboxylic acids is 1. The van der Waals surface area contributed by atoms with Crippen molar-refractivity contribution in [2.45, 2.75) is 38.4 Å². The zero-order valence-corrected chi connectivity index (χ0v) is 29.0. The van der Waals surface area contributed by atoms with E-state index in [-0.39, 0.29) is 18.6 Å². The van der Waals surface area contributed by atoms with Crippen LogP contribution in [0.15, 0.2) is 121 Å². The van der Waals surface area contributed by atoms with Crippen molar-refractivity contribution in [1.82, 2.24) is 13.6 Å². The summed E-state index contributed by atoms with van der Waals surface area (Å²) in [6, 6.07) is 36.0. The number of carboxylic acid groups (broad SMARTS) is 1. The molecule has 1 fully saturated rings. The Morgan fingerprint density at radius 2 is 1.33 bits per heavy atom. The van der Waals surface area contributed by atoms with E-state index in [1.807, 2.05) is 77.5 Å². The third kappa shape index (κ3) is 9.31. The lowest BCUT2D eigenvalue weighted by molar-refractivity contribution is 0.0689. The summed E-state index contributed by atoms with van der Waals surface area (Å²) in [5, 5.41) is 10.4. The first kappa shape index (κ1) is 35.6. The molecule has 2 N–H and O–H groups in total. The third-order valence-electron chi connectivity index (χ3n) is 9.10. The Hall–Kier alpha value is -5.23. The van der Waals surface area contributed by atoms with Crippen molar-refractivity contribution >= 4 is 22.3 Å². The molecule has 1 saturated heterocycles. The molecule has 1 aliphatic heterocycles. The van der Waals surface area contributed by atoms with Crippen LogP contribution in [0.25, 0.3) is 11.1 Å². The normalized spacial score (nSPS) is 13.9. The van der Waals surface area contributed by atoms with Gasteiger partial charge in [0.15, 0.2) is 5.69 Å². The molecule has 0 bridgehead atoms. The van der Waals surface area contributed by atoms with Gasteiger partial charge in [-0.2, -0.15) is 8.42 Å². The summed E-state index contributed by atoms with van der Waals surface area (Å²) in [6.07, 6.45) is 2.29. The number of nitrogens with zero attached hydrogens (tertiary/aromatic N) is 2. The number of hydrogen-bond donors (Lipinski definition) is 2. The minimum atomic E-state index is -4.70. The van der Waals surface area contributed by atoms with Crippen LogP contribution in [0.3, 0.4) is 0 Å². The molecule has 0 unspecified atom stereocenters. The number of piperidine rings is 1. The van der Waals surface area contributed by atoms with E-state index in [1.54, 1.807) is 30.3 Å². The summed E-state index contributed by atoms with van der Waals surface area (Å²) in [6.45, 7) is 3.90. The van der Waals surface area contributed by atoms with E-state index < -0.39 is 28.0 Å². The highest BCUT2D eigenvalue weighted by molar-refractivity contribution is 7.88. The standard InChI is InChI=1S/C40H41N3O7S/c44-39(45)38-37(35-18-16-33(17-19-35)34-20-22-42(23-21-34)24-25-49-28-31-12-6-2-7-13-31)36(26-30-10-4-1-5-11-30)27-43(38)51(47,48)41-40(46)50-29-32-14-8-3-9-15-32/h1-19,27,34H,20-26,28-29H2,(H,41,46)(H,44,45). The van der Waals surface area contributed by atoms with Crippen molar-refractivity contribution in [2.75, 3.05) is 26.2 Å². The van der Waals surface area contributed by atoms with Crippen LogP contribution >= 0.6 is 0 Å². The van der Waals surface area contributed by atoms with Gasteiger partial charge in [0, 0.05) is 18.3 Å². The van der Waals surface area contributed by atoms with Crippen LogP contribution in [-0.4, -0.2) is 60.7 Å². The average molecular weight is 708 g/mol. The topological polar surface area (TPSA) is 127 Å². The van der Waals surface area contributed by atoms with Crippen LogP contribution in [0.1, 0.15) is 57.1 Å². The quantitative estimate of drug-likeness (QED) is 0.120. The zero-order chi connectivity index (χ0) is 35.6. The molecule has 51 heavy (non-hydrogen) atoms. The smallest absolute Gasteiger partial charge is 0.422 e. The second kappa shape index (κ2) is 16.7. The van der Waals surface area contributed by atoms with Gasteiger partial charge in [0.2, 0.25) is 0 Å². The van der Waals surface area contributed by atoms with Gasteiger partial charge in [0.05, 0.1) is 13.2 Å². The maximum atomic E-state index is 13.5. The molecule has 0 aliphatic carbocycles. The number of amides is 1. The van der Waals surface area contributed by atoms with Crippen LogP contribution < -0.4 is 4.72 Å². The Bertz CT molecular complexity index is 2010. The molecule has 1 aliphatic rings. The zero-order valence-electron chi connectivity index (χ0n) is 28.2. The molecule has 5 aromatic rings. The van der Waals surface area contributed by atoms with Gasteiger partial charge in [-0.25, -0.2) is 18.3 Å². The van der Waals surface area contributed by atoms with Crippen LogP contribution in [0, 0.1) is 0 Å². The minimum absolute atomic E-state index is 0.154. The SMILES string of the molecule is O=C(NS(=O)(=O)n1cc(Cc2ccccc2)c(-c2ccc(C3CCN(CCOCc4ccccc4)CC3)cc2)c1C(=O)O)OCc1ccccc1. The summed E-state index contributed by atoms with van der Waals surface area (Å²) < 4.78 is 40.6. The van der Waals surface area contributed by atoms with E-state index in [0.29, 0.717) is 39.8 Å². The number of aromatic carboxylic acids is 1. The van der Waals surface area contributed by atoms with Gasteiger partial charge in [-0.3, -0.25) is 0 Å². The maximum Gasteiger partial charge on any atom is 0.422 e. The Balaban J connectivity index is 1.17. The number of ether oxygens (including phenoxy) is 2. The summed E-state index contributed by atoms with van der Waals surface area (Å²) >= 11 is 0. The summed E-state index contributed by atoms with van der Waals surface area (Å²) in [7, 11) is -4.70. The highest BCUT2D eigenvalue weighted by Crippen LogP contribution is 2.35. The lowest BCUT2D eigenvalue weighted by Crippen LogP contribution is -2.36. The van der Waals surface area contributed by atoms with E-state index in [9.17, 15) is 23.1 Å². The van der Waals surface area contributed by atoms with Gasteiger partial charge in [0.1, 0.15) is 6.61 Å². The van der Waals surface area contributed by atoms with E-state index in [0.717, 1.165) is 49.2 Å². The number of aromatic nitrogens is 1. The highest BCUT2D eigenvalue weighted by Gasteiger charge is 2.31. The number of nitrogens with one attached hydrogen (secondary N) is 1. The molecule has 4 aromatic carbocycles. The van der Waals surface area contributed by atoms with E-state index in [2.05, 4.69) is 17.0 Å². The second-order valence-electron chi connectivity index (χ2n) is 12.6. The number of carboxylic acids is 1. The van der Waals surface area contributed by atoms with Crippen molar-refractivity contribution in [3.05, 3.63) is 155 Å². The predicted molar refractivity (Wildman–Crippen MR) is 195 cm³/mol. The third-order valence-corrected chi connectivity index (χ3v) is 10.3. The monoisotopic (exact) mass is 707 g/mol. The molecule has 0 radical (unpaired) electrons. The Kier molecular flexibility index (Phi) is 11.6. The van der Waals surface area contributed by atoms with E-state index in [1.165, 1.54) is 6.20 Å². The van der Waals surface area contributed by atoms with Gasteiger partial charge >= 0.3 is 22.3 Å². The Labute approximate surface area is 298 Å². The predicted octanol–water partition coefficient (Wildman–Crippen LogP) is 6.86. The first-order valence-electron chi connectivity index (χ1n) is 17.0. The van der Waals surface area contributed by atoms with Crippen LogP contribution in [0.2, 0.25) is 0 Å². The fraction of sp³-hybridized carbons (Fsp3) is 0.250. The lowest BCUT2D eigenvalue weighted by Gasteiger charge is -2.32. The molecule has 1 aromatic heterocycles. The van der Waals surface area contributed by atoms with Gasteiger partial charge < -0.3 is 19.5 Å². The molecule has 0 atom stereocenters. The number of likely N-dealkylation sites (tertiary alicyclic amines) is 1. The molecular formula is C40H41N3O7S. The van der Waals surface area contributed by atoms with Crippen LogP contribution in [-0.2, 0) is 39.3 Å². The number of carbonyl (C=O) groups is 2. The van der Waals surface area contributed by atoms with Gasteiger partial charge in [-0.1, -0.05) is 115 Å². The number of hydrogen-bond acceptors (Lipinski definition) is 7. The molecular weight excluding hydrogens is 667 g/mol. The first-order chi connectivity index (χ1) is 24.8. The Morgan fingerprint density at radius 3 is 1.92 bits per heavy atom. The van der Waals surface area contributed by atoms with E-state index in [4.69, 9.17) is 9.47 Å². The maximum absolute atomic E-state index is 13.5. The fourth-order valence-corrected chi connectivity index (χ4v) is 7.52. The van der Waals surface area contributed by atoms with Gasteiger partial charge in [-0.15, -0.1) is 0 Å². The largest absolute Gasteiger partial charge is 0.477 e. The minimum Gasteiger partial charge on any atom is -0.477 e. The molecule has 264 valence electrons. The summed E-state index contributed by atoms with van der Waals surface area (Å²) in [5.74, 6) is -1.10. The van der Waals surface area contributed by atoms with Crippen molar-refractivity contribution < 1.29 is 32.6 Å². The molecule has 1 amide bonds. The van der Waals surface area contributed by atoms with Crippen molar-refractivity contribution in [3.63, 3.8) is 0 Å². The molecule has 0 spiro atoms. The molecule has 10 nitrogen and oxygen atoms in total. The van der Waals surface area contributed by atoms with Gasteiger partial charge in [-0.05, 0) is 71.7 Å². The van der Waals surface area contributed by atoms with Gasteiger partial charge in [0.25, 0.3) is 0 Å². The van der Waals surface area contributed by atoms with Crippen molar-refractivity contribution in [3.8, 4) is 11.1 Å². The fourth-order valence-electron chi connectivity index (χ4n) is 6.47. The second-order valence-corrected chi connectivity index (χ2v) is 14.1. The van der Waals surface area contributed by atoms with Crippen molar-refractivity contribution in [2.24, 2.45) is 0 Å². The van der Waals surface area contributed by atoms with Crippen LogP contribution in [0.4, 0.5) is 4.79 Å². The molecule has 0 saturated carbocycles. The lowest BCUT2D eigenvalue weighted by atomic mass is 9.88. The summed E-state index contributed by atoms with van der Waals surface area (Å²) in [5.41, 5.74) is 4.70. The average Bonchev–Trinajstić information content (AvgIpc) is 3.54. The highest BCUT2D eigenvalue weighted by atomic mass is 32.2. The van der Waals surface area contributed by atoms with Crippen molar-refractivity contribution in [1.29, 1.82) is 0 Å². The van der Waals surface area contributed by atoms with Crippen LogP contribution in [0.5, 0.6) is 0 Å². The summed E-state index contributed by atoms with van der Waals surface area (Å²) in [4.78, 5) is 27.8. The first-order valence-corrected chi connectivity index (χ1v) is 18.4. The molecule has 11 heteroatoms.